The van der Waals surface area contributed by atoms with Crippen LogP contribution in [0, 0.1) is 5.92 Å². The Morgan fingerprint density at radius 3 is 2.63 bits per heavy atom. The van der Waals surface area contributed by atoms with Crippen LogP contribution in [0.3, 0.4) is 0 Å². The lowest BCUT2D eigenvalue weighted by atomic mass is 9.83. The van der Waals surface area contributed by atoms with Crippen molar-refractivity contribution in [2.24, 2.45) is 5.92 Å². The first-order valence-corrected chi connectivity index (χ1v) is 7.09. The molecule has 2 nitrogen and oxygen atoms in total. The highest BCUT2D eigenvalue weighted by Crippen LogP contribution is 2.27. The van der Waals surface area contributed by atoms with Crippen molar-refractivity contribution in [2.75, 3.05) is 20.6 Å². The minimum atomic E-state index is 0.155. The zero-order valence-electron chi connectivity index (χ0n) is 11.5. The lowest BCUT2D eigenvalue weighted by Crippen LogP contribution is -2.31. The first-order valence-electron chi connectivity index (χ1n) is 6.71. The highest BCUT2D eigenvalue weighted by Gasteiger charge is 2.26. The van der Waals surface area contributed by atoms with Gasteiger partial charge in [0.2, 0.25) is 0 Å². The number of halogens is 1. The molecular weight excluding hydrogens is 258 g/mol. The molecule has 0 aromatic heterocycles. The molecule has 0 heterocycles. The minimum absolute atomic E-state index is 0.155. The first-order chi connectivity index (χ1) is 9.06. The molecule has 1 saturated carbocycles. The van der Waals surface area contributed by atoms with Gasteiger partial charge in [-0.05, 0) is 62.7 Å². The summed E-state index contributed by atoms with van der Waals surface area (Å²) in [5.41, 5.74) is 2.01. The van der Waals surface area contributed by atoms with Crippen LogP contribution >= 0.6 is 11.6 Å². The zero-order chi connectivity index (χ0) is 13.8. The minimum Gasteiger partial charge on any atom is -0.309 e. The molecule has 1 aromatic carbocycles. The van der Waals surface area contributed by atoms with Crippen LogP contribution in [0.4, 0.5) is 0 Å². The van der Waals surface area contributed by atoms with Crippen LogP contribution in [0.15, 0.2) is 29.8 Å². The molecule has 0 N–H and O–H groups in total. The van der Waals surface area contributed by atoms with E-state index in [-0.39, 0.29) is 5.92 Å². The predicted molar refractivity (Wildman–Crippen MR) is 80.3 cm³/mol. The second-order valence-electron chi connectivity index (χ2n) is 5.44. The van der Waals surface area contributed by atoms with Crippen molar-refractivity contribution in [3.63, 3.8) is 0 Å². The van der Waals surface area contributed by atoms with Crippen molar-refractivity contribution >= 4 is 23.5 Å². The van der Waals surface area contributed by atoms with Crippen molar-refractivity contribution in [2.45, 2.75) is 19.3 Å². The Kier molecular flexibility index (Phi) is 4.78. The number of benzene rings is 1. The number of nitrogens with zero attached hydrogens (tertiary/aromatic N) is 1. The maximum absolute atomic E-state index is 12.4. The van der Waals surface area contributed by atoms with Crippen LogP contribution in [-0.4, -0.2) is 31.3 Å². The predicted octanol–water partition coefficient (Wildman–Crippen LogP) is 3.65. The maximum atomic E-state index is 12.4. The van der Waals surface area contributed by atoms with E-state index in [1.54, 1.807) is 0 Å². The van der Waals surface area contributed by atoms with E-state index in [0.717, 1.165) is 42.0 Å². The highest BCUT2D eigenvalue weighted by atomic mass is 35.5. The number of allylic oxidation sites excluding steroid dienone is 1. The molecule has 1 aromatic rings. The van der Waals surface area contributed by atoms with Crippen LogP contribution in [0.5, 0.6) is 0 Å². The van der Waals surface area contributed by atoms with Gasteiger partial charge in [-0.25, -0.2) is 0 Å². The third kappa shape index (κ3) is 3.92. The number of hydrogen-bond donors (Lipinski definition) is 0. The number of rotatable bonds is 3. The summed E-state index contributed by atoms with van der Waals surface area (Å²) in [6.45, 7) is 0.844. The van der Waals surface area contributed by atoms with Crippen LogP contribution in [0.25, 0.3) is 6.08 Å². The van der Waals surface area contributed by atoms with Gasteiger partial charge in [0.25, 0.3) is 0 Å². The van der Waals surface area contributed by atoms with Gasteiger partial charge in [-0.15, -0.1) is 0 Å². The molecular formula is C16H20ClNO. The molecule has 1 fully saturated rings. The van der Waals surface area contributed by atoms with Gasteiger partial charge in [-0.1, -0.05) is 23.7 Å². The van der Waals surface area contributed by atoms with Crippen molar-refractivity contribution in [3.8, 4) is 0 Å². The summed E-state index contributed by atoms with van der Waals surface area (Å²) in [5.74, 6) is 0.470. The topological polar surface area (TPSA) is 20.3 Å². The monoisotopic (exact) mass is 277 g/mol. The van der Waals surface area contributed by atoms with E-state index in [4.69, 9.17) is 11.6 Å². The van der Waals surface area contributed by atoms with Gasteiger partial charge >= 0.3 is 0 Å². The molecule has 0 radical (unpaired) electrons. The molecule has 2 rings (SSSR count). The Labute approximate surface area is 120 Å². The number of carbonyl (C=O) groups excluding carboxylic acids is 1. The van der Waals surface area contributed by atoms with Crippen LogP contribution in [0.2, 0.25) is 5.02 Å². The molecule has 0 unspecified atom stereocenters. The fourth-order valence-electron chi connectivity index (χ4n) is 2.57. The second kappa shape index (κ2) is 6.36. The molecule has 1 aliphatic rings. The Balaban J connectivity index is 2.14. The number of ketones is 1. The van der Waals surface area contributed by atoms with Gasteiger partial charge in [0.15, 0.2) is 5.78 Å². The van der Waals surface area contributed by atoms with Gasteiger partial charge in [-0.2, -0.15) is 0 Å². The summed E-state index contributed by atoms with van der Waals surface area (Å²) in [6, 6.07) is 7.63. The normalized spacial score (nSPS) is 22.2. The van der Waals surface area contributed by atoms with Gasteiger partial charge in [0.1, 0.15) is 0 Å². The summed E-state index contributed by atoms with van der Waals surface area (Å²) in [5, 5.41) is 0.725. The molecule has 0 bridgehead atoms. The lowest BCUT2D eigenvalue weighted by Gasteiger charge is -2.25. The Hall–Kier alpha value is -1.12. The number of carbonyl (C=O) groups is 1. The number of Topliss-reactive ketones (excluding diaryl/α,β-unsaturated/α-hetero) is 1. The Morgan fingerprint density at radius 2 is 2.00 bits per heavy atom. The van der Waals surface area contributed by atoms with Gasteiger partial charge in [0, 0.05) is 17.5 Å². The summed E-state index contributed by atoms with van der Waals surface area (Å²) in [7, 11) is 4.04. The lowest BCUT2D eigenvalue weighted by molar-refractivity contribution is -0.120. The SMILES string of the molecule is CN(C)C[C@@H]1CCC/C(=C/c2ccc(Cl)cc2)C1=O. The molecule has 3 heteroatoms. The van der Waals surface area contributed by atoms with Crippen molar-refractivity contribution in [1.82, 2.24) is 4.90 Å². The fourth-order valence-corrected chi connectivity index (χ4v) is 2.70. The summed E-state index contributed by atoms with van der Waals surface area (Å²) in [4.78, 5) is 14.5. The summed E-state index contributed by atoms with van der Waals surface area (Å²) >= 11 is 5.87. The molecule has 0 amide bonds. The van der Waals surface area contributed by atoms with E-state index in [0.29, 0.717) is 5.78 Å². The average Bonchev–Trinajstić information content (AvgIpc) is 2.36. The quantitative estimate of drug-likeness (QED) is 0.786. The van der Waals surface area contributed by atoms with Crippen LogP contribution < -0.4 is 0 Å². The second-order valence-corrected chi connectivity index (χ2v) is 5.87. The fraction of sp³-hybridized carbons (Fsp3) is 0.438. The molecule has 0 saturated heterocycles. The van der Waals surface area contributed by atoms with E-state index < -0.39 is 0 Å². The van der Waals surface area contributed by atoms with Crippen molar-refractivity contribution < 1.29 is 4.79 Å². The van der Waals surface area contributed by atoms with E-state index in [9.17, 15) is 4.79 Å². The smallest absolute Gasteiger partial charge is 0.163 e. The van der Waals surface area contributed by atoms with E-state index in [1.165, 1.54) is 0 Å². The molecule has 0 aliphatic heterocycles. The molecule has 0 spiro atoms. The Bertz CT molecular complexity index is 476. The third-order valence-corrected chi connectivity index (χ3v) is 3.73. The maximum Gasteiger partial charge on any atom is 0.163 e. The van der Waals surface area contributed by atoms with Crippen molar-refractivity contribution in [3.05, 3.63) is 40.4 Å². The van der Waals surface area contributed by atoms with E-state index in [1.807, 2.05) is 44.4 Å². The van der Waals surface area contributed by atoms with Crippen LogP contribution in [-0.2, 0) is 4.79 Å². The molecule has 19 heavy (non-hydrogen) atoms. The van der Waals surface area contributed by atoms with Gasteiger partial charge in [0.05, 0.1) is 0 Å². The summed E-state index contributed by atoms with van der Waals surface area (Å²) < 4.78 is 0. The Morgan fingerprint density at radius 1 is 1.32 bits per heavy atom. The number of hydrogen-bond acceptors (Lipinski definition) is 2. The standard InChI is InChI=1S/C16H20ClNO/c1-18(2)11-14-5-3-4-13(16(14)19)10-12-6-8-15(17)9-7-12/h6-10,14H,3-5,11H2,1-2H3/b13-10-/t14-/m0/s1. The molecule has 1 atom stereocenters. The van der Waals surface area contributed by atoms with Crippen LogP contribution in [0.1, 0.15) is 24.8 Å². The van der Waals surface area contributed by atoms with Gasteiger partial charge in [-0.3, -0.25) is 4.79 Å². The largest absolute Gasteiger partial charge is 0.309 e. The zero-order valence-corrected chi connectivity index (χ0v) is 12.3. The average molecular weight is 278 g/mol. The molecule has 102 valence electrons. The van der Waals surface area contributed by atoms with E-state index >= 15 is 0 Å². The van der Waals surface area contributed by atoms with E-state index in [2.05, 4.69) is 4.90 Å². The third-order valence-electron chi connectivity index (χ3n) is 3.48. The summed E-state index contributed by atoms with van der Waals surface area (Å²) in [6.07, 6.45) is 5.02. The molecule has 1 aliphatic carbocycles. The van der Waals surface area contributed by atoms with Crippen molar-refractivity contribution in [1.29, 1.82) is 0 Å². The van der Waals surface area contributed by atoms with Gasteiger partial charge < -0.3 is 4.90 Å². The highest BCUT2D eigenvalue weighted by molar-refractivity contribution is 6.30. The first kappa shape index (κ1) is 14.3.